The molecule has 2 nitrogen and oxygen atoms in total. The van der Waals surface area contributed by atoms with Gasteiger partial charge in [0.2, 0.25) is 0 Å². The van der Waals surface area contributed by atoms with E-state index in [1.54, 1.807) is 0 Å². The summed E-state index contributed by atoms with van der Waals surface area (Å²) in [6.45, 7) is 10.2. The summed E-state index contributed by atoms with van der Waals surface area (Å²) in [7, 11) is 2.31. The lowest BCUT2D eigenvalue weighted by Crippen LogP contribution is -2.57. The second kappa shape index (κ2) is 7.64. The van der Waals surface area contributed by atoms with Crippen LogP contribution in [-0.4, -0.2) is 30.1 Å². The molecule has 2 N–H and O–H groups in total. The van der Waals surface area contributed by atoms with Crippen molar-refractivity contribution >= 4 is 0 Å². The van der Waals surface area contributed by atoms with E-state index in [-0.39, 0.29) is 5.54 Å². The second-order valence-electron chi connectivity index (χ2n) is 7.27. The zero-order valence-electron chi connectivity index (χ0n) is 13.9. The molecule has 0 radical (unpaired) electrons. The van der Waals surface area contributed by atoms with E-state index in [1.165, 1.54) is 44.9 Å². The Kier molecular flexibility index (Phi) is 6.82. The summed E-state index contributed by atoms with van der Waals surface area (Å²) < 4.78 is 0. The molecule has 0 amide bonds. The van der Waals surface area contributed by atoms with Crippen LogP contribution in [0.25, 0.3) is 0 Å². The van der Waals surface area contributed by atoms with Crippen LogP contribution >= 0.6 is 0 Å². The Morgan fingerprint density at radius 3 is 2.53 bits per heavy atom. The molecule has 0 aromatic heterocycles. The number of likely N-dealkylation sites (N-methyl/N-ethyl adjacent to an activating group) is 1. The Bertz CT molecular complexity index is 252. The van der Waals surface area contributed by atoms with Gasteiger partial charge in [0.15, 0.2) is 0 Å². The number of rotatable bonds is 7. The Morgan fingerprint density at radius 2 is 2.00 bits per heavy atom. The standard InChI is InChI=1S/C17H36N2/c1-6-8-15(4)19(5)17(13-18)10-7-9-16(12-17)11-14(2)3/h14-16H,6-13,18H2,1-5H3. The van der Waals surface area contributed by atoms with Crippen molar-refractivity contribution in [3.05, 3.63) is 0 Å². The van der Waals surface area contributed by atoms with Crippen LogP contribution in [0.5, 0.6) is 0 Å². The minimum absolute atomic E-state index is 0.270. The molecule has 1 aliphatic carbocycles. The molecule has 0 aromatic carbocycles. The highest BCUT2D eigenvalue weighted by Gasteiger charge is 2.40. The molecule has 0 aliphatic heterocycles. The molecule has 3 atom stereocenters. The number of nitrogens with two attached hydrogens (primary N) is 1. The normalized spacial score (nSPS) is 30.0. The Hall–Kier alpha value is -0.0800. The van der Waals surface area contributed by atoms with E-state index >= 15 is 0 Å². The minimum Gasteiger partial charge on any atom is -0.329 e. The first-order chi connectivity index (χ1) is 8.95. The van der Waals surface area contributed by atoms with Crippen LogP contribution in [0.15, 0.2) is 0 Å². The number of hydrogen-bond donors (Lipinski definition) is 1. The summed E-state index contributed by atoms with van der Waals surface area (Å²) in [6, 6.07) is 0.659. The van der Waals surface area contributed by atoms with Crippen molar-refractivity contribution in [1.82, 2.24) is 4.90 Å². The minimum atomic E-state index is 0.270. The van der Waals surface area contributed by atoms with Crippen LogP contribution < -0.4 is 5.73 Å². The molecule has 0 spiro atoms. The molecule has 1 aliphatic rings. The molecule has 0 aromatic rings. The highest BCUT2D eigenvalue weighted by atomic mass is 15.2. The van der Waals surface area contributed by atoms with Gasteiger partial charge < -0.3 is 5.73 Å². The molecule has 1 fully saturated rings. The first kappa shape index (κ1) is 17.0. The van der Waals surface area contributed by atoms with Crippen LogP contribution in [0, 0.1) is 11.8 Å². The largest absolute Gasteiger partial charge is 0.329 e. The highest BCUT2D eigenvalue weighted by Crippen LogP contribution is 2.39. The molecular weight excluding hydrogens is 232 g/mol. The first-order valence-electron chi connectivity index (χ1n) is 8.38. The van der Waals surface area contributed by atoms with Crippen LogP contribution in [0.2, 0.25) is 0 Å². The SMILES string of the molecule is CCCC(C)N(C)C1(CN)CCCC(CC(C)C)C1. The zero-order chi connectivity index (χ0) is 14.5. The first-order valence-corrected chi connectivity index (χ1v) is 8.38. The third kappa shape index (κ3) is 4.46. The van der Waals surface area contributed by atoms with Crippen molar-refractivity contribution in [2.45, 2.75) is 84.2 Å². The second-order valence-corrected chi connectivity index (χ2v) is 7.27. The quantitative estimate of drug-likeness (QED) is 0.755. The van der Waals surface area contributed by atoms with Gasteiger partial charge in [-0.05, 0) is 51.5 Å². The fourth-order valence-corrected chi connectivity index (χ4v) is 4.06. The summed E-state index contributed by atoms with van der Waals surface area (Å²) in [5, 5.41) is 0. The third-order valence-corrected chi connectivity index (χ3v) is 5.22. The predicted molar refractivity (Wildman–Crippen MR) is 85.3 cm³/mol. The van der Waals surface area contributed by atoms with Crippen molar-refractivity contribution in [2.75, 3.05) is 13.6 Å². The topological polar surface area (TPSA) is 29.3 Å². The summed E-state index contributed by atoms with van der Waals surface area (Å²) in [4.78, 5) is 2.61. The molecule has 0 heterocycles. The predicted octanol–water partition coefficient (Wildman–Crippen LogP) is 4.04. The maximum absolute atomic E-state index is 6.22. The zero-order valence-corrected chi connectivity index (χ0v) is 13.9. The molecule has 1 rings (SSSR count). The molecule has 0 bridgehead atoms. The van der Waals surface area contributed by atoms with Gasteiger partial charge in [-0.3, -0.25) is 4.90 Å². The van der Waals surface area contributed by atoms with Gasteiger partial charge in [0, 0.05) is 18.1 Å². The molecule has 0 saturated heterocycles. The van der Waals surface area contributed by atoms with Crippen molar-refractivity contribution in [3.8, 4) is 0 Å². The highest BCUT2D eigenvalue weighted by molar-refractivity contribution is 4.97. The van der Waals surface area contributed by atoms with Gasteiger partial charge in [-0.25, -0.2) is 0 Å². The van der Waals surface area contributed by atoms with E-state index < -0.39 is 0 Å². The van der Waals surface area contributed by atoms with E-state index in [4.69, 9.17) is 5.73 Å². The summed E-state index contributed by atoms with van der Waals surface area (Å²) >= 11 is 0. The molecule has 19 heavy (non-hydrogen) atoms. The maximum Gasteiger partial charge on any atom is 0.0334 e. The fraction of sp³-hybridized carbons (Fsp3) is 1.00. The third-order valence-electron chi connectivity index (χ3n) is 5.22. The van der Waals surface area contributed by atoms with Gasteiger partial charge in [0.25, 0.3) is 0 Å². The molecule has 1 saturated carbocycles. The Balaban J connectivity index is 2.72. The van der Waals surface area contributed by atoms with Gasteiger partial charge in [-0.2, -0.15) is 0 Å². The average molecular weight is 268 g/mol. The van der Waals surface area contributed by atoms with E-state index in [0.29, 0.717) is 6.04 Å². The smallest absolute Gasteiger partial charge is 0.0334 e. The van der Waals surface area contributed by atoms with E-state index in [2.05, 4.69) is 39.6 Å². The lowest BCUT2D eigenvalue weighted by molar-refractivity contribution is 0.0225. The Labute approximate surface area is 121 Å². The Morgan fingerprint density at radius 1 is 1.32 bits per heavy atom. The molecular formula is C17H36N2. The van der Waals surface area contributed by atoms with E-state index in [9.17, 15) is 0 Å². The van der Waals surface area contributed by atoms with Gasteiger partial charge in [0.1, 0.15) is 0 Å². The van der Waals surface area contributed by atoms with Gasteiger partial charge in [0.05, 0.1) is 0 Å². The van der Waals surface area contributed by atoms with Crippen LogP contribution in [0.3, 0.4) is 0 Å². The van der Waals surface area contributed by atoms with Crippen LogP contribution in [0.4, 0.5) is 0 Å². The summed E-state index contributed by atoms with van der Waals surface area (Å²) in [6.07, 6.45) is 9.30. The van der Waals surface area contributed by atoms with Crippen molar-refractivity contribution in [2.24, 2.45) is 17.6 Å². The number of hydrogen-bond acceptors (Lipinski definition) is 2. The number of nitrogens with zero attached hydrogens (tertiary/aromatic N) is 1. The van der Waals surface area contributed by atoms with Crippen LogP contribution in [0.1, 0.15) is 72.6 Å². The van der Waals surface area contributed by atoms with E-state index in [1.807, 2.05) is 0 Å². The summed E-state index contributed by atoms with van der Waals surface area (Å²) in [5.74, 6) is 1.70. The molecule has 2 heteroatoms. The fourth-order valence-electron chi connectivity index (χ4n) is 4.06. The van der Waals surface area contributed by atoms with Gasteiger partial charge >= 0.3 is 0 Å². The monoisotopic (exact) mass is 268 g/mol. The maximum atomic E-state index is 6.22. The van der Waals surface area contributed by atoms with Gasteiger partial charge in [-0.15, -0.1) is 0 Å². The molecule has 114 valence electrons. The lowest BCUT2D eigenvalue weighted by atomic mass is 9.72. The van der Waals surface area contributed by atoms with Crippen molar-refractivity contribution < 1.29 is 0 Å². The molecule has 3 unspecified atom stereocenters. The van der Waals surface area contributed by atoms with Crippen LogP contribution in [-0.2, 0) is 0 Å². The van der Waals surface area contributed by atoms with Crippen molar-refractivity contribution in [1.29, 1.82) is 0 Å². The lowest BCUT2D eigenvalue weighted by Gasteiger charge is -2.49. The average Bonchev–Trinajstić information content (AvgIpc) is 2.37. The van der Waals surface area contributed by atoms with Crippen molar-refractivity contribution in [3.63, 3.8) is 0 Å². The van der Waals surface area contributed by atoms with Gasteiger partial charge in [-0.1, -0.05) is 40.0 Å². The van der Waals surface area contributed by atoms with E-state index in [0.717, 1.165) is 18.4 Å². The summed E-state index contributed by atoms with van der Waals surface area (Å²) in [5.41, 5.74) is 6.49.